The van der Waals surface area contributed by atoms with E-state index in [4.69, 9.17) is 16.3 Å². The molecule has 1 aromatic heterocycles. The van der Waals surface area contributed by atoms with Gasteiger partial charge in [-0.05, 0) is 48.7 Å². The molecular weight excluding hydrogens is 336 g/mol. The van der Waals surface area contributed by atoms with Gasteiger partial charge in [0.25, 0.3) is 5.91 Å². The molecule has 0 atom stereocenters. The summed E-state index contributed by atoms with van der Waals surface area (Å²) in [5.74, 6) is 0.649. The highest BCUT2D eigenvalue weighted by atomic mass is 35.5. The van der Waals surface area contributed by atoms with Gasteiger partial charge in [-0.2, -0.15) is 0 Å². The molecule has 1 amide bonds. The fraction of sp³-hybridized carbons (Fsp3) is 0.200. The van der Waals surface area contributed by atoms with Crippen LogP contribution >= 0.6 is 11.6 Å². The summed E-state index contributed by atoms with van der Waals surface area (Å²) < 4.78 is 5.83. The summed E-state index contributed by atoms with van der Waals surface area (Å²) in [4.78, 5) is 18.6. The van der Waals surface area contributed by atoms with Crippen LogP contribution in [-0.2, 0) is 11.2 Å². The number of aromatic nitrogens is 1. The number of anilines is 1. The molecule has 0 radical (unpaired) electrons. The van der Waals surface area contributed by atoms with Gasteiger partial charge in [-0.3, -0.25) is 9.78 Å². The van der Waals surface area contributed by atoms with Crippen LogP contribution in [0, 0.1) is 0 Å². The lowest BCUT2D eigenvalue weighted by Gasteiger charge is -2.29. The van der Waals surface area contributed by atoms with E-state index in [1.807, 2.05) is 42.5 Å². The predicted molar refractivity (Wildman–Crippen MR) is 99.4 cm³/mol. The zero-order valence-corrected chi connectivity index (χ0v) is 14.4. The number of halogens is 1. The molecule has 0 saturated heterocycles. The largest absolute Gasteiger partial charge is 0.483 e. The van der Waals surface area contributed by atoms with E-state index >= 15 is 0 Å². The first-order chi connectivity index (χ1) is 12.2. The maximum atomic E-state index is 12.7. The number of rotatable bonds is 3. The van der Waals surface area contributed by atoms with Crippen molar-refractivity contribution in [2.24, 2.45) is 0 Å². The first-order valence-electron chi connectivity index (χ1n) is 8.27. The van der Waals surface area contributed by atoms with Gasteiger partial charge >= 0.3 is 0 Å². The Hall–Kier alpha value is -2.59. The van der Waals surface area contributed by atoms with E-state index in [2.05, 4.69) is 4.98 Å². The minimum absolute atomic E-state index is 0.00347. The molecule has 0 fully saturated rings. The Kier molecular flexibility index (Phi) is 4.28. The number of ether oxygens (including phenoxy) is 1. The molecule has 2 aromatic carbocycles. The summed E-state index contributed by atoms with van der Waals surface area (Å²) in [5, 5.41) is 2.65. The van der Waals surface area contributed by atoms with E-state index in [0.29, 0.717) is 17.3 Å². The number of nitrogens with zero attached hydrogens (tertiary/aromatic N) is 2. The molecule has 3 aromatic rings. The van der Waals surface area contributed by atoms with Crippen LogP contribution in [0.4, 0.5) is 5.69 Å². The molecule has 4 nitrogen and oxygen atoms in total. The Morgan fingerprint density at radius 1 is 1.24 bits per heavy atom. The molecule has 1 aliphatic rings. The molecular formula is C20H17ClN2O2. The van der Waals surface area contributed by atoms with Gasteiger partial charge in [0.05, 0.1) is 0 Å². The molecule has 4 rings (SSSR count). The third-order valence-corrected chi connectivity index (χ3v) is 4.69. The highest BCUT2D eigenvalue weighted by Gasteiger charge is 2.23. The van der Waals surface area contributed by atoms with Crippen LogP contribution in [0.1, 0.15) is 12.0 Å². The highest BCUT2D eigenvalue weighted by Crippen LogP contribution is 2.30. The molecule has 0 aliphatic carbocycles. The van der Waals surface area contributed by atoms with Crippen molar-refractivity contribution in [2.45, 2.75) is 12.8 Å². The Morgan fingerprint density at radius 2 is 2.16 bits per heavy atom. The van der Waals surface area contributed by atoms with Gasteiger partial charge in [-0.25, -0.2) is 0 Å². The molecule has 25 heavy (non-hydrogen) atoms. The summed E-state index contributed by atoms with van der Waals surface area (Å²) in [6, 6.07) is 13.3. The minimum Gasteiger partial charge on any atom is -0.483 e. The summed E-state index contributed by atoms with van der Waals surface area (Å²) in [7, 11) is 0. The summed E-state index contributed by atoms with van der Waals surface area (Å²) in [6.45, 7) is 0.708. The van der Waals surface area contributed by atoms with Gasteiger partial charge in [0.2, 0.25) is 0 Å². The van der Waals surface area contributed by atoms with Gasteiger partial charge in [-0.15, -0.1) is 0 Å². The van der Waals surface area contributed by atoms with E-state index in [1.54, 1.807) is 17.3 Å². The molecule has 5 heteroatoms. The molecule has 2 heterocycles. The van der Waals surface area contributed by atoms with E-state index < -0.39 is 0 Å². The van der Waals surface area contributed by atoms with Crippen LogP contribution in [-0.4, -0.2) is 24.0 Å². The Morgan fingerprint density at radius 3 is 3.08 bits per heavy atom. The third-order valence-electron chi connectivity index (χ3n) is 4.45. The van der Waals surface area contributed by atoms with Crippen LogP contribution in [0.3, 0.4) is 0 Å². The topological polar surface area (TPSA) is 42.4 Å². The lowest BCUT2D eigenvalue weighted by molar-refractivity contribution is -0.120. The quantitative estimate of drug-likeness (QED) is 0.707. The number of hydrogen-bond acceptors (Lipinski definition) is 3. The average molecular weight is 353 g/mol. The lowest BCUT2D eigenvalue weighted by Crippen LogP contribution is -2.38. The predicted octanol–water partition coefficient (Wildman–Crippen LogP) is 4.25. The van der Waals surface area contributed by atoms with Crippen LogP contribution in [0.5, 0.6) is 5.75 Å². The molecule has 0 unspecified atom stereocenters. The van der Waals surface area contributed by atoms with Gasteiger partial charge < -0.3 is 9.64 Å². The van der Waals surface area contributed by atoms with Crippen molar-refractivity contribution < 1.29 is 9.53 Å². The van der Waals surface area contributed by atoms with Crippen molar-refractivity contribution in [2.75, 3.05) is 18.1 Å². The normalized spacial score (nSPS) is 13.6. The standard InChI is InChI=1S/C20H17ClN2O2/c21-16-6-7-18-14(11-16)4-2-10-23(18)20(24)13-25-19-5-1-3-15-12-22-9-8-17(15)19/h1,3,5-9,11-12H,2,4,10,13H2. The summed E-state index contributed by atoms with van der Waals surface area (Å²) >= 11 is 6.07. The van der Waals surface area contributed by atoms with Crippen LogP contribution in [0.25, 0.3) is 10.8 Å². The molecule has 0 spiro atoms. The zero-order valence-electron chi connectivity index (χ0n) is 13.6. The number of aryl methyl sites for hydroxylation is 1. The van der Waals surface area contributed by atoms with Gasteiger partial charge in [-0.1, -0.05) is 23.7 Å². The van der Waals surface area contributed by atoms with Gasteiger partial charge in [0.1, 0.15) is 5.75 Å². The number of benzene rings is 2. The average Bonchev–Trinajstić information content (AvgIpc) is 2.65. The van der Waals surface area contributed by atoms with Crippen LogP contribution in [0.15, 0.2) is 54.9 Å². The molecule has 126 valence electrons. The van der Waals surface area contributed by atoms with Crippen molar-refractivity contribution in [3.8, 4) is 5.75 Å². The minimum atomic E-state index is -0.0469. The van der Waals surface area contributed by atoms with E-state index in [0.717, 1.165) is 34.9 Å². The fourth-order valence-corrected chi connectivity index (χ4v) is 3.46. The van der Waals surface area contributed by atoms with E-state index in [1.165, 1.54) is 0 Å². The first-order valence-corrected chi connectivity index (χ1v) is 8.64. The van der Waals surface area contributed by atoms with Crippen molar-refractivity contribution >= 4 is 34.0 Å². The number of pyridine rings is 1. The second kappa shape index (κ2) is 6.73. The van der Waals surface area contributed by atoms with Crippen molar-refractivity contribution in [3.63, 3.8) is 0 Å². The van der Waals surface area contributed by atoms with Crippen LogP contribution in [0.2, 0.25) is 5.02 Å². The Bertz CT molecular complexity index is 937. The molecule has 0 saturated carbocycles. The number of carbonyl (C=O) groups is 1. The molecule has 1 aliphatic heterocycles. The Labute approximate surface area is 151 Å². The molecule has 0 bridgehead atoms. The van der Waals surface area contributed by atoms with Crippen molar-refractivity contribution in [3.05, 3.63) is 65.4 Å². The van der Waals surface area contributed by atoms with Gasteiger partial charge in [0.15, 0.2) is 6.61 Å². The lowest BCUT2D eigenvalue weighted by atomic mass is 10.0. The van der Waals surface area contributed by atoms with E-state index in [-0.39, 0.29) is 12.5 Å². The second-order valence-electron chi connectivity index (χ2n) is 6.06. The smallest absolute Gasteiger partial charge is 0.264 e. The maximum absolute atomic E-state index is 12.7. The highest BCUT2D eigenvalue weighted by molar-refractivity contribution is 6.30. The van der Waals surface area contributed by atoms with E-state index in [9.17, 15) is 4.79 Å². The van der Waals surface area contributed by atoms with Gasteiger partial charge in [0, 0.05) is 40.4 Å². The Balaban J connectivity index is 1.53. The first kappa shape index (κ1) is 15.9. The summed E-state index contributed by atoms with van der Waals surface area (Å²) in [5.41, 5.74) is 2.05. The SMILES string of the molecule is O=C(COc1cccc2cnccc12)N1CCCc2cc(Cl)ccc21. The zero-order chi connectivity index (χ0) is 17.2. The number of fused-ring (bicyclic) bond motifs is 2. The second-order valence-corrected chi connectivity index (χ2v) is 6.50. The number of hydrogen-bond donors (Lipinski definition) is 0. The summed E-state index contributed by atoms with van der Waals surface area (Å²) in [6.07, 6.45) is 5.38. The fourth-order valence-electron chi connectivity index (χ4n) is 3.26. The number of carbonyl (C=O) groups excluding carboxylic acids is 1. The van der Waals surface area contributed by atoms with Crippen molar-refractivity contribution in [1.29, 1.82) is 0 Å². The third kappa shape index (κ3) is 3.17. The van der Waals surface area contributed by atoms with Crippen molar-refractivity contribution in [1.82, 2.24) is 4.98 Å². The molecule has 0 N–H and O–H groups in total. The van der Waals surface area contributed by atoms with Crippen LogP contribution < -0.4 is 9.64 Å². The monoisotopic (exact) mass is 352 g/mol. The number of amides is 1. The maximum Gasteiger partial charge on any atom is 0.264 e.